The lowest BCUT2D eigenvalue weighted by molar-refractivity contribution is 1.41. The third kappa shape index (κ3) is 3.37. The van der Waals surface area contributed by atoms with Crippen LogP contribution in [0.4, 0.5) is 0 Å². The minimum absolute atomic E-state index is 0.0706. The summed E-state index contributed by atoms with van der Waals surface area (Å²) in [4.78, 5) is 10.6. The topological polar surface area (TPSA) is 108 Å². The van der Waals surface area contributed by atoms with E-state index in [0.717, 1.165) is 22.3 Å². The highest BCUT2D eigenvalue weighted by atomic mass is 14.7. The lowest BCUT2D eigenvalue weighted by Crippen LogP contribution is -1.94. The van der Waals surface area contributed by atoms with Gasteiger partial charge in [0.2, 0.25) is 5.70 Å². The maximum absolute atomic E-state index is 9.83. The van der Waals surface area contributed by atoms with Crippen LogP contribution in [0.1, 0.15) is 44.5 Å². The van der Waals surface area contributed by atoms with Crippen LogP contribution in [0.3, 0.4) is 0 Å². The molecular weight excluding hydrogens is 482 g/mol. The monoisotopic (exact) mass is 493 g/mol. The first kappa shape index (κ1) is 24.0. The van der Waals surface area contributed by atoms with Crippen LogP contribution in [0, 0.1) is 72.0 Å². The van der Waals surface area contributed by atoms with Crippen molar-refractivity contribution in [2.45, 2.75) is 6.92 Å². The summed E-state index contributed by atoms with van der Waals surface area (Å²) in [5, 5.41) is 38.7. The van der Waals surface area contributed by atoms with E-state index in [0.29, 0.717) is 33.4 Å². The number of rotatable bonds is 1. The molecule has 0 aliphatic heterocycles. The average Bonchev–Trinajstić information content (AvgIpc) is 3.45. The molecule has 0 bridgehead atoms. The normalized spacial score (nSPS) is 14.6. The third-order valence-corrected chi connectivity index (χ3v) is 6.74. The van der Waals surface area contributed by atoms with Crippen molar-refractivity contribution in [2.24, 2.45) is 0 Å². The van der Waals surface area contributed by atoms with Crippen LogP contribution in [0.25, 0.3) is 48.1 Å². The van der Waals surface area contributed by atoms with Crippen LogP contribution in [-0.2, 0) is 0 Å². The summed E-state index contributed by atoms with van der Waals surface area (Å²) < 4.78 is 0. The molecule has 0 aromatic heterocycles. The summed E-state index contributed by atoms with van der Waals surface area (Å²) in [6, 6.07) is 21.9. The second kappa shape index (κ2) is 9.07. The molecule has 5 rings (SSSR count). The maximum atomic E-state index is 9.83. The summed E-state index contributed by atoms with van der Waals surface area (Å²) in [6.07, 6.45) is 0. The molecule has 174 valence electrons. The lowest BCUT2D eigenvalue weighted by atomic mass is 9.91. The van der Waals surface area contributed by atoms with Crippen LogP contribution in [0.2, 0.25) is 0 Å². The van der Waals surface area contributed by atoms with Crippen LogP contribution < -0.4 is 0 Å². The molecule has 0 unspecified atom stereocenters. The molecule has 0 atom stereocenters. The SMILES string of the molecule is [C-]#[N+]C1=C(c2ccc3c(c2)/C(=C(\C#N)[N+]#[C-])c2cc(C)ccc2-3)/C(=C(/C#N)[N+]#[C-])c2cc(C#N)c(C#N)cc21. The molecule has 0 saturated heterocycles. The number of nitriles is 4. The number of fused-ring (bicyclic) bond motifs is 4. The maximum Gasteiger partial charge on any atom is 0.270 e. The fraction of sp³-hybridized carbons (Fsp3) is 0.0312. The van der Waals surface area contributed by atoms with Crippen LogP contribution >= 0.6 is 0 Å². The number of hydrogen-bond acceptors (Lipinski definition) is 4. The molecule has 7 heteroatoms. The number of nitrogens with zero attached hydrogens (tertiary/aromatic N) is 7. The van der Waals surface area contributed by atoms with E-state index in [4.69, 9.17) is 19.7 Å². The van der Waals surface area contributed by atoms with E-state index in [9.17, 15) is 21.0 Å². The Morgan fingerprint density at radius 3 is 1.74 bits per heavy atom. The lowest BCUT2D eigenvalue weighted by Gasteiger charge is -2.12. The molecule has 0 saturated carbocycles. The number of hydrogen-bond donors (Lipinski definition) is 0. The van der Waals surface area contributed by atoms with Crippen molar-refractivity contribution in [1.29, 1.82) is 21.0 Å². The molecule has 2 aliphatic rings. The van der Waals surface area contributed by atoms with Gasteiger partial charge in [-0.2, -0.15) is 10.5 Å². The van der Waals surface area contributed by atoms with Gasteiger partial charge in [-0.3, -0.25) is 0 Å². The predicted octanol–water partition coefficient (Wildman–Crippen LogP) is 6.88. The Bertz CT molecular complexity index is 2060. The molecule has 0 fully saturated rings. The Kier molecular flexibility index (Phi) is 5.59. The van der Waals surface area contributed by atoms with Gasteiger partial charge >= 0.3 is 0 Å². The van der Waals surface area contributed by atoms with Gasteiger partial charge in [0.15, 0.2) is 0 Å². The van der Waals surface area contributed by atoms with Crippen molar-refractivity contribution in [2.75, 3.05) is 0 Å². The van der Waals surface area contributed by atoms with E-state index >= 15 is 0 Å². The van der Waals surface area contributed by atoms with Gasteiger partial charge in [-0.1, -0.05) is 35.9 Å². The molecule has 0 spiro atoms. The molecule has 39 heavy (non-hydrogen) atoms. The second-order valence-corrected chi connectivity index (χ2v) is 8.71. The third-order valence-electron chi connectivity index (χ3n) is 6.74. The highest BCUT2D eigenvalue weighted by molar-refractivity contribution is 6.24. The first-order valence-corrected chi connectivity index (χ1v) is 11.4. The molecule has 3 aromatic carbocycles. The van der Waals surface area contributed by atoms with E-state index in [1.54, 1.807) is 12.1 Å². The van der Waals surface area contributed by atoms with Gasteiger partial charge in [-0.15, -0.1) is 0 Å². The quantitative estimate of drug-likeness (QED) is 0.213. The van der Waals surface area contributed by atoms with Crippen molar-refractivity contribution >= 4 is 22.4 Å². The van der Waals surface area contributed by atoms with Crippen LogP contribution in [-0.4, -0.2) is 0 Å². The van der Waals surface area contributed by atoms with Gasteiger partial charge in [0, 0.05) is 5.57 Å². The summed E-state index contributed by atoms with van der Waals surface area (Å²) in [5.41, 5.74) is 6.23. The molecule has 3 aromatic rings. The smallest absolute Gasteiger partial charge is 0.237 e. The standard InChI is InChI=1S/C32H11N7/c1-17-5-7-21-22-8-6-18(10-24(22)30(23(21)9-17)27(15-35)37-2)29-31(28(16-36)38-3)25-11-19(13-33)20(14-34)12-26(25)32(29)39-4/h5-12H,1H3/b30-27+,31-28-. The van der Waals surface area contributed by atoms with Gasteiger partial charge in [-0.25, -0.2) is 25.1 Å². The van der Waals surface area contributed by atoms with Gasteiger partial charge in [-0.05, 0) is 75.2 Å². The van der Waals surface area contributed by atoms with Gasteiger partial charge in [0.05, 0.1) is 43.0 Å². The van der Waals surface area contributed by atoms with Crippen molar-refractivity contribution in [3.63, 3.8) is 0 Å². The fourth-order valence-corrected chi connectivity index (χ4v) is 5.13. The molecule has 2 aliphatic carbocycles. The Morgan fingerprint density at radius 1 is 0.641 bits per heavy atom. The predicted molar refractivity (Wildman–Crippen MR) is 143 cm³/mol. The van der Waals surface area contributed by atoms with Crippen LogP contribution in [0.5, 0.6) is 0 Å². The summed E-state index contributed by atoms with van der Waals surface area (Å²) in [5.74, 6) is 0. The first-order valence-electron chi connectivity index (χ1n) is 11.4. The zero-order chi connectivity index (χ0) is 27.8. The van der Waals surface area contributed by atoms with Crippen molar-refractivity contribution in [3.8, 4) is 35.4 Å². The van der Waals surface area contributed by atoms with Crippen molar-refractivity contribution in [1.82, 2.24) is 0 Å². The Balaban J connectivity index is 1.88. The molecule has 7 nitrogen and oxygen atoms in total. The van der Waals surface area contributed by atoms with E-state index in [2.05, 4.69) is 14.5 Å². The second-order valence-electron chi connectivity index (χ2n) is 8.71. The summed E-state index contributed by atoms with van der Waals surface area (Å²) >= 11 is 0. The first-order chi connectivity index (χ1) is 19.0. The van der Waals surface area contributed by atoms with Gasteiger partial charge in [0.1, 0.15) is 12.1 Å². The van der Waals surface area contributed by atoms with Crippen molar-refractivity contribution in [3.05, 3.63) is 139 Å². The minimum atomic E-state index is -0.257. The summed E-state index contributed by atoms with van der Waals surface area (Å²) in [6.45, 7) is 25.2. The number of allylic oxidation sites excluding steroid dienone is 4. The fourth-order valence-electron chi connectivity index (χ4n) is 5.13. The van der Waals surface area contributed by atoms with E-state index in [1.807, 2.05) is 55.5 Å². The Labute approximate surface area is 224 Å². The zero-order valence-electron chi connectivity index (χ0n) is 20.2. The number of aryl methyl sites for hydroxylation is 1. The van der Waals surface area contributed by atoms with E-state index in [-0.39, 0.29) is 33.8 Å². The number of benzene rings is 3. The minimum Gasteiger partial charge on any atom is -0.237 e. The molecule has 0 amide bonds. The van der Waals surface area contributed by atoms with Crippen molar-refractivity contribution < 1.29 is 0 Å². The van der Waals surface area contributed by atoms with E-state index in [1.165, 1.54) is 12.1 Å². The Hall–Kier alpha value is -6.69. The molecule has 0 radical (unpaired) electrons. The summed E-state index contributed by atoms with van der Waals surface area (Å²) in [7, 11) is 0. The van der Waals surface area contributed by atoms with E-state index < -0.39 is 0 Å². The average molecular weight is 493 g/mol. The molecule has 0 N–H and O–H groups in total. The largest absolute Gasteiger partial charge is 0.270 e. The van der Waals surface area contributed by atoms with Gasteiger partial charge < -0.3 is 0 Å². The highest BCUT2D eigenvalue weighted by Gasteiger charge is 2.33. The molecule has 0 heterocycles. The Morgan fingerprint density at radius 2 is 1.18 bits per heavy atom. The zero-order valence-corrected chi connectivity index (χ0v) is 20.2. The molecular formula is C32H11N7. The van der Waals surface area contributed by atoms with Gasteiger partial charge in [0.25, 0.3) is 11.4 Å². The van der Waals surface area contributed by atoms with Crippen LogP contribution in [0.15, 0.2) is 59.9 Å². The highest BCUT2D eigenvalue weighted by Crippen LogP contribution is 2.52.